The van der Waals surface area contributed by atoms with E-state index in [0.29, 0.717) is 26.2 Å². The molecular weight excluding hydrogens is 302 g/mol. The molecule has 0 fully saturated rings. The van der Waals surface area contributed by atoms with E-state index in [1.165, 1.54) is 5.56 Å². The van der Waals surface area contributed by atoms with Gasteiger partial charge in [-0.1, -0.05) is 30.3 Å². The molecule has 0 spiro atoms. The lowest BCUT2D eigenvalue weighted by Gasteiger charge is -2.14. The summed E-state index contributed by atoms with van der Waals surface area (Å²) in [6, 6.07) is 13.6. The molecule has 0 aliphatic heterocycles. The van der Waals surface area contributed by atoms with Crippen molar-refractivity contribution < 1.29 is 14.3 Å². The zero-order valence-corrected chi connectivity index (χ0v) is 14.6. The van der Waals surface area contributed by atoms with Crippen molar-refractivity contribution in [2.75, 3.05) is 19.8 Å². The number of carbonyl (C=O) groups is 1. The third-order valence-corrected chi connectivity index (χ3v) is 3.89. The van der Waals surface area contributed by atoms with Gasteiger partial charge in [0.1, 0.15) is 18.1 Å². The molecule has 4 nitrogen and oxygen atoms in total. The molecule has 0 saturated heterocycles. The highest BCUT2D eigenvalue weighted by Gasteiger charge is 2.07. The first-order valence-corrected chi connectivity index (χ1v) is 8.22. The van der Waals surface area contributed by atoms with E-state index in [4.69, 9.17) is 9.47 Å². The number of hydrogen-bond donors (Lipinski definition) is 1. The molecule has 0 aromatic heterocycles. The molecule has 2 rings (SSSR count). The third-order valence-electron chi connectivity index (χ3n) is 3.89. The van der Waals surface area contributed by atoms with Crippen LogP contribution >= 0.6 is 0 Å². The molecule has 24 heavy (non-hydrogen) atoms. The first kappa shape index (κ1) is 17.9. The van der Waals surface area contributed by atoms with E-state index in [-0.39, 0.29) is 5.91 Å². The molecule has 0 aliphatic rings. The molecule has 0 bridgehead atoms. The summed E-state index contributed by atoms with van der Waals surface area (Å²) in [6.07, 6.45) is 0.331. The van der Waals surface area contributed by atoms with Gasteiger partial charge in [0.15, 0.2) is 0 Å². The maximum Gasteiger partial charge on any atom is 0.223 e. The van der Waals surface area contributed by atoms with Gasteiger partial charge in [-0.25, -0.2) is 0 Å². The van der Waals surface area contributed by atoms with Gasteiger partial charge in [0.05, 0.1) is 19.6 Å². The van der Waals surface area contributed by atoms with Crippen LogP contribution in [0.15, 0.2) is 42.5 Å². The Bertz CT molecular complexity index is 668. The summed E-state index contributed by atoms with van der Waals surface area (Å²) in [5, 5.41) is 2.85. The van der Waals surface area contributed by atoms with E-state index in [1.807, 2.05) is 37.3 Å². The van der Waals surface area contributed by atoms with Crippen LogP contribution in [0, 0.1) is 20.8 Å². The topological polar surface area (TPSA) is 47.6 Å². The van der Waals surface area contributed by atoms with Crippen molar-refractivity contribution in [1.29, 1.82) is 0 Å². The zero-order chi connectivity index (χ0) is 17.4. The Morgan fingerprint density at radius 1 is 0.917 bits per heavy atom. The van der Waals surface area contributed by atoms with Crippen molar-refractivity contribution in [3.63, 3.8) is 0 Å². The van der Waals surface area contributed by atoms with Crippen molar-refractivity contribution in [3.05, 3.63) is 59.2 Å². The number of carbonyl (C=O) groups excluding carboxylic acids is 1. The van der Waals surface area contributed by atoms with Gasteiger partial charge in [0.25, 0.3) is 0 Å². The average Bonchev–Trinajstić information content (AvgIpc) is 2.58. The highest BCUT2D eigenvalue weighted by molar-refractivity contribution is 5.75. The fourth-order valence-electron chi connectivity index (χ4n) is 2.36. The Balaban J connectivity index is 1.65. The number of amides is 1. The highest BCUT2D eigenvalue weighted by Crippen LogP contribution is 2.25. The number of para-hydroxylation sites is 1. The minimum Gasteiger partial charge on any atom is -0.493 e. The molecule has 0 aliphatic carbocycles. The van der Waals surface area contributed by atoms with Gasteiger partial charge in [0, 0.05) is 0 Å². The molecule has 0 atom stereocenters. The van der Waals surface area contributed by atoms with Gasteiger partial charge >= 0.3 is 0 Å². The number of aryl methyl sites for hydroxylation is 2. The second kappa shape index (κ2) is 8.96. The largest absolute Gasteiger partial charge is 0.493 e. The van der Waals surface area contributed by atoms with Gasteiger partial charge in [-0.2, -0.15) is 0 Å². The predicted octanol–water partition coefficient (Wildman–Crippen LogP) is 3.58. The highest BCUT2D eigenvalue weighted by atomic mass is 16.5. The van der Waals surface area contributed by atoms with Gasteiger partial charge < -0.3 is 14.8 Å². The van der Waals surface area contributed by atoms with Crippen molar-refractivity contribution >= 4 is 5.91 Å². The fourth-order valence-corrected chi connectivity index (χ4v) is 2.36. The quantitative estimate of drug-likeness (QED) is 0.754. The third kappa shape index (κ3) is 5.30. The second-order valence-corrected chi connectivity index (χ2v) is 5.76. The van der Waals surface area contributed by atoms with Crippen LogP contribution in [0.5, 0.6) is 11.5 Å². The molecule has 0 radical (unpaired) electrons. The summed E-state index contributed by atoms with van der Waals surface area (Å²) >= 11 is 0. The summed E-state index contributed by atoms with van der Waals surface area (Å²) < 4.78 is 11.3. The molecule has 0 heterocycles. The lowest BCUT2D eigenvalue weighted by atomic mass is 10.1. The average molecular weight is 327 g/mol. The van der Waals surface area contributed by atoms with E-state index in [1.54, 1.807) is 0 Å². The number of rotatable bonds is 8. The molecule has 128 valence electrons. The first-order chi connectivity index (χ1) is 11.6. The Labute approximate surface area is 143 Å². The van der Waals surface area contributed by atoms with Crippen LogP contribution in [0.3, 0.4) is 0 Å². The van der Waals surface area contributed by atoms with Crippen LogP contribution in [0.2, 0.25) is 0 Å². The van der Waals surface area contributed by atoms with Gasteiger partial charge in [-0.15, -0.1) is 0 Å². The summed E-state index contributed by atoms with van der Waals surface area (Å²) in [6.45, 7) is 7.45. The van der Waals surface area contributed by atoms with Crippen LogP contribution in [0.1, 0.15) is 23.1 Å². The van der Waals surface area contributed by atoms with Gasteiger partial charge in [0.2, 0.25) is 5.91 Å². The van der Waals surface area contributed by atoms with E-state index in [0.717, 1.165) is 22.6 Å². The molecule has 2 aromatic carbocycles. The van der Waals surface area contributed by atoms with Gasteiger partial charge in [-0.05, 0) is 49.6 Å². The Morgan fingerprint density at radius 2 is 1.62 bits per heavy atom. The standard InChI is InChI=1S/C20H25NO3/c1-15-9-10-16(2)20(17(15)3)24-14-12-21-19(22)11-13-23-18-7-5-4-6-8-18/h4-10H,11-14H2,1-3H3,(H,21,22). The Morgan fingerprint density at radius 3 is 2.38 bits per heavy atom. The van der Waals surface area contributed by atoms with E-state index in [9.17, 15) is 4.79 Å². The molecular formula is C20H25NO3. The fraction of sp³-hybridized carbons (Fsp3) is 0.350. The minimum absolute atomic E-state index is 0.0350. The normalized spacial score (nSPS) is 10.3. The van der Waals surface area contributed by atoms with Crippen molar-refractivity contribution in [3.8, 4) is 11.5 Å². The Kier molecular flexibility index (Phi) is 6.67. The van der Waals surface area contributed by atoms with E-state index < -0.39 is 0 Å². The maximum atomic E-state index is 11.8. The summed E-state index contributed by atoms with van der Waals surface area (Å²) in [7, 11) is 0. The molecule has 0 saturated carbocycles. The minimum atomic E-state index is -0.0350. The number of benzene rings is 2. The molecule has 1 amide bonds. The molecule has 2 aromatic rings. The van der Waals surface area contributed by atoms with Crippen LogP contribution in [0.25, 0.3) is 0 Å². The second-order valence-electron chi connectivity index (χ2n) is 5.76. The van der Waals surface area contributed by atoms with Crippen LogP contribution < -0.4 is 14.8 Å². The monoisotopic (exact) mass is 327 g/mol. The molecule has 1 N–H and O–H groups in total. The van der Waals surface area contributed by atoms with Crippen LogP contribution in [-0.2, 0) is 4.79 Å². The van der Waals surface area contributed by atoms with E-state index >= 15 is 0 Å². The lowest BCUT2D eigenvalue weighted by molar-refractivity contribution is -0.121. The zero-order valence-electron chi connectivity index (χ0n) is 14.6. The SMILES string of the molecule is Cc1ccc(C)c(OCCNC(=O)CCOc2ccccc2)c1C. The lowest BCUT2D eigenvalue weighted by Crippen LogP contribution is -2.29. The number of ether oxygens (including phenoxy) is 2. The summed E-state index contributed by atoms with van der Waals surface area (Å²) in [5.41, 5.74) is 3.47. The van der Waals surface area contributed by atoms with Crippen LogP contribution in [-0.4, -0.2) is 25.7 Å². The maximum absolute atomic E-state index is 11.8. The van der Waals surface area contributed by atoms with Crippen LogP contribution in [0.4, 0.5) is 0 Å². The Hall–Kier alpha value is -2.49. The molecule has 0 unspecified atom stereocenters. The van der Waals surface area contributed by atoms with Crippen molar-refractivity contribution in [1.82, 2.24) is 5.32 Å². The van der Waals surface area contributed by atoms with E-state index in [2.05, 4.69) is 31.3 Å². The smallest absolute Gasteiger partial charge is 0.223 e. The first-order valence-electron chi connectivity index (χ1n) is 8.22. The number of hydrogen-bond acceptors (Lipinski definition) is 3. The van der Waals surface area contributed by atoms with Gasteiger partial charge in [-0.3, -0.25) is 4.79 Å². The van der Waals surface area contributed by atoms with Crippen molar-refractivity contribution in [2.45, 2.75) is 27.2 Å². The summed E-state index contributed by atoms with van der Waals surface area (Å²) in [4.78, 5) is 11.8. The molecule has 4 heteroatoms. The van der Waals surface area contributed by atoms with Crippen molar-refractivity contribution in [2.24, 2.45) is 0 Å². The predicted molar refractivity (Wildman–Crippen MR) is 95.7 cm³/mol. The number of nitrogens with one attached hydrogen (secondary N) is 1. The summed E-state index contributed by atoms with van der Waals surface area (Å²) in [5.74, 6) is 1.66.